The molecule has 124 valence electrons. The van der Waals surface area contributed by atoms with Crippen LogP contribution in [0.1, 0.15) is 0 Å². The maximum Gasteiger partial charge on any atom is 0.189 e. The first-order valence-electron chi connectivity index (χ1n) is 6.48. The molecule has 2 fully saturated rings. The average Bonchev–Trinajstić information content (AvgIpc) is 2.48. The maximum atomic E-state index is 9.77. The molecule has 2 heterocycles. The summed E-state index contributed by atoms with van der Waals surface area (Å²) in [5.41, 5.74) is 0. The van der Waals surface area contributed by atoms with Gasteiger partial charge in [0.1, 0.15) is 42.7 Å². The van der Waals surface area contributed by atoms with E-state index in [1.807, 2.05) is 0 Å². The normalized spacial score (nSPS) is 51.9. The Morgan fingerprint density at radius 2 is 1.43 bits per heavy atom. The average molecular weight is 312 g/mol. The summed E-state index contributed by atoms with van der Waals surface area (Å²) >= 11 is 0. The fraction of sp³-hybridized carbons (Fsp3) is 1.00. The highest BCUT2D eigenvalue weighted by Crippen LogP contribution is 2.25. The van der Waals surface area contributed by atoms with E-state index in [0.29, 0.717) is 0 Å². The molecule has 2 aliphatic rings. The topological polar surface area (TPSA) is 169 Å². The van der Waals surface area contributed by atoms with Crippen LogP contribution < -0.4 is 0 Å². The molecule has 0 aromatic carbocycles. The van der Waals surface area contributed by atoms with Gasteiger partial charge in [0.05, 0.1) is 13.2 Å². The van der Waals surface area contributed by atoms with Crippen LogP contribution in [0.2, 0.25) is 0 Å². The highest BCUT2D eigenvalue weighted by molar-refractivity contribution is 4.90. The van der Waals surface area contributed by atoms with Crippen molar-refractivity contribution in [3.05, 3.63) is 0 Å². The Bertz CT molecular complexity index is 339. The van der Waals surface area contributed by atoms with Crippen molar-refractivity contribution in [2.45, 2.75) is 55.3 Å². The molecule has 7 N–H and O–H groups in total. The summed E-state index contributed by atoms with van der Waals surface area (Å²) in [7, 11) is 0. The number of rotatable bonds is 3. The van der Waals surface area contributed by atoms with Gasteiger partial charge in [-0.15, -0.1) is 0 Å². The second-order valence-corrected chi connectivity index (χ2v) is 5.08. The molecule has 0 saturated carbocycles. The maximum absolute atomic E-state index is 9.77. The summed E-state index contributed by atoms with van der Waals surface area (Å²) in [6.07, 6.45) is -13.3. The standard InChI is InChI=1S/C11H20O10/c12-1-4-6(15)7(16)9(18)11(20-4)21-10-8(17)5(14)3(13)2-19-10/h3-18H,1-2H2/t3-,4+,5-,6+,7-,8+,9+,10+,11-/m0/s1. The van der Waals surface area contributed by atoms with Crippen LogP contribution in [-0.2, 0) is 14.2 Å². The zero-order chi connectivity index (χ0) is 15.7. The molecule has 0 aliphatic carbocycles. The van der Waals surface area contributed by atoms with Crippen LogP contribution in [0, 0.1) is 0 Å². The molecule has 21 heavy (non-hydrogen) atoms. The largest absolute Gasteiger partial charge is 0.394 e. The van der Waals surface area contributed by atoms with Crippen molar-refractivity contribution in [1.29, 1.82) is 0 Å². The Labute approximate surface area is 119 Å². The molecule has 0 aromatic heterocycles. The third-order valence-corrected chi connectivity index (χ3v) is 3.57. The van der Waals surface area contributed by atoms with E-state index in [4.69, 9.17) is 19.3 Å². The molecular formula is C11H20O10. The van der Waals surface area contributed by atoms with Crippen molar-refractivity contribution in [3.63, 3.8) is 0 Å². The van der Waals surface area contributed by atoms with Gasteiger partial charge in [0, 0.05) is 0 Å². The molecule has 2 rings (SSSR count). The Morgan fingerprint density at radius 3 is 2.05 bits per heavy atom. The van der Waals surface area contributed by atoms with E-state index in [-0.39, 0.29) is 6.61 Å². The Balaban J connectivity index is 2.01. The predicted molar refractivity (Wildman–Crippen MR) is 62.6 cm³/mol. The van der Waals surface area contributed by atoms with E-state index >= 15 is 0 Å². The Morgan fingerprint density at radius 1 is 0.810 bits per heavy atom. The minimum atomic E-state index is -1.65. The van der Waals surface area contributed by atoms with Gasteiger partial charge in [-0.3, -0.25) is 0 Å². The van der Waals surface area contributed by atoms with Gasteiger partial charge in [-0.2, -0.15) is 0 Å². The van der Waals surface area contributed by atoms with E-state index in [0.717, 1.165) is 0 Å². The zero-order valence-corrected chi connectivity index (χ0v) is 11.0. The summed E-state index contributed by atoms with van der Waals surface area (Å²) in [6.45, 7) is -0.930. The van der Waals surface area contributed by atoms with Crippen LogP contribution in [0.25, 0.3) is 0 Å². The molecule has 0 aromatic rings. The fourth-order valence-electron chi connectivity index (χ4n) is 2.21. The monoisotopic (exact) mass is 312 g/mol. The van der Waals surface area contributed by atoms with E-state index in [1.54, 1.807) is 0 Å². The quantitative estimate of drug-likeness (QED) is 0.268. The van der Waals surface area contributed by atoms with E-state index in [1.165, 1.54) is 0 Å². The third-order valence-electron chi connectivity index (χ3n) is 3.57. The molecular weight excluding hydrogens is 292 g/mol. The molecule has 10 nitrogen and oxygen atoms in total. The van der Waals surface area contributed by atoms with Crippen molar-refractivity contribution in [3.8, 4) is 0 Å². The van der Waals surface area contributed by atoms with Gasteiger partial charge in [-0.05, 0) is 0 Å². The predicted octanol–water partition coefficient (Wildman–Crippen LogP) is -4.76. The van der Waals surface area contributed by atoms with Gasteiger partial charge >= 0.3 is 0 Å². The Hall–Kier alpha value is -0.400. The number of hydrogen-bond acceptors (Lipinski definition) is 10. The van der Waals surface area contributed by atoms with Crippen LogP contribution in [0.5, 0.6) is 0 Å². The first-order chi connectivity index (χ1) is 9.86. The molecule has 0 unspecified atom stereocenters. The number of aliphatic hydroxyl groups is 7. The number of hydrogen-bond donors (Lipinski definition) is 7. The minimum Gasteiger partial charge on any atom is -0.394 e. The van der Waals surface area contributed by atoms with Crippen molar-refractivity contribution < 1.29 is 50.0 Å². The lowest BCUT2D eigenvalue weighted by Crippen LogP contribution is -2.62. The van der Waals surface area contributed by atoms with Gasteiger partial charge in [-0.1, -0.05) is 0 Å². The summed E-state index contributed by atoms with van der Waals surface area (Å²) in [4.78, 5) is 0. The van der Waals surface area contributed by atoms with Crippen molar-refractivity contribution in [2.24, 2.45) is 0 Å². The lowest BCUT2D eigenvalue weighted by atomic mass is 9.99. The molecule has 2 saturated heterocycles. The highest BCUT2D eigenvalue weighted by Gasteiger charge is 2.47. The van der Waals surface area contributed by atoms with Gasteiger partial charge in [0.15, 0.2) is 12.6 Å². The summed E-state index contributed by atoms with van der Waals surface area (Å²) in [6, 6.07) is 0. The van der Waals surface area contributed by atoms with Gasteiger partial charge in [0.2, 0.25) is 0 Å². The summed E-state index contributed by atoms with van der Waals surface area (Å²) < 4.78 is 15.2. The van der Waals surface area contributed by atoms with E-state index in [9.17, 15) is 30.6 Å². The lowest BCUT2D eigenvalue weighted by Gasteiger charge is -2.42. The van der Waals surface area contributed by atoms with Gasteiger partial charge in [0.25, 0.3) is 0 Å². The van der Waals surface area contributed by atoms with E-state index in [2.05, 4.69) is 0 Å². The van der Waals surface area contributed by atoms with Crippen LogP contribution in [0.4, 0.5) is 0 Å². The second kappa shape index (κ2) is 6.79. The summed E-state index contributed by atoms with van der Waals surface area (Å²) in [5.74, 6) is 0. The third kappa shape index (κ3) is 3.35. The van der Waals surface area contributed by atoms with Crippen molar-refractivity contribution in [2.75, 3.05) is 13.2 Å². The number of ether oxygens (including phenoxy) is 3. The smallest absolute Gasteiger partial charge is 0.189 e. The minimum absolute atomic E-state index is 0.305. The highest BCUT2D eigenvalue weighted by atomic mass is 16.8. The first-order valence-corrected chi connectivity index (χ1v) is 6.48. The molecule has 9 atom stereocenters. The molecule has 2 aliphatic heterocycles. The van der Waals surface area contributed by atoms with Crippen molar-refractivity contribution in [1.82, 2.24) is 0 Å². The van der Waals surface area contributed by atoms with Gasteiger partial charge in [-0.25, -0.2) is 0 Å². The molecule has 10 heteroatoms. The van der Waals surface area contributed by atoms with Gasteiger partial charge < -0.3 is 50.0 Å². The summed E-state index contributed by atoms with van der Waals surface area (Å²) in [5, 5.41) is 66.5. The lowest BCUT2D eigenvalue weighted by molar-refractivity contribution is -0.365. The molecule has 0 radical (unpaired) electrons. The Kier molecular flexibility index (Phi) is 5.48. The zero-order valence-electron chi connectivity index (χ0n) is 11.0. The van der Waals surface area contributed by atoms with Crippen LogP contribution >= 0.6 is 0 Å². The van der Waals surface area contributed by atoms with Crippen LogP contribution in [0.15, 0.2) is 0 Å². The molecule has 0 amide bonds. The van der Waals surface area contributed by atoms with E-state index < -0.39 is 61.9 Å². The molecule has 0 bridgehead atoms. The van der Waals surface area contributed by atoms with Crippen molar-refractivity contribution >= 4 is 0 Å². The number of aliphatic hydroxyl groups excluding tert-OH is 7. The second-order valence-electron chi connectivity index (χ2n) is 5.08. The molecule has 0 spiro atoms. The van der Waals surface area contributed by atoms with Crippen LogP contribution in [-0.4, -0.2) is 104 Å². The van der Waals surface area contributed by atoms with Crippen LogP contribution in [0.3, 0.4) is 0 Å². The SMILES string of the molecule is OC[C@H]1O[C@@H](O[C@H]2OC[C@H](O)[C@H](O)[C@H]2O)[C@H](O)[C@@H](O)[C@@H]1O. The first kappa shape index (κ1) is 17.0. The fourth-order valence-corrected chi connectivity index (χ4v) is 2.21.